The summed E-state index contributed by atoms with van der Waals surface area (Å²) in [5.41, 5.74) is 0.613. The smallest absolute Gasteiger partial charge is 0.321 e. The predicted octanol–water partition coefficient (Wildman–Crippen LogP) is 1.38. The van der Waals surface area contributed by atoms with E-state index in [9.17, 15) is 14.0 Å². The molecule has 1 atom stereocenters. The van der Waals surface area contributed by atoms with E-state index in [0.717, 1.165) is 0 Å². The number of cyclic esters (lactones) is 2. The van der Waals surface area contributed by atoms with Gasteiger partial charge in [-0.1, -0.05) is 12.1 Å². The highest BCUT2D eigenvalue weighted by molar-refractivity contribution is 5.97. The first-order valence-corrected chi connectivity index (χ1v) is 4.17. The highest BCUT2D eigenvalue weighted by Crippen LogP contribution is 2.27. The van der Waals surface area contributed by atoms with Crippen molar-refractivity contribution in [1.29, 1.82) is 0 Å². The molecule has 0 aliphatic carbocycles. The molecule has 1 aliphatic heterocycles. The number of esters is 2. The van der Waals surface area contributed by atoms with E-state index < -0.39 is 17.9 Å². The summed E-state index contributed by atoms with van der Waals surface area (Å²) in [6.45, 7) is 0. The van der Waals surface area contributed by atoms with Crippen LogP contribution in [0.3, 0.4) is 0 Å². The molecule has 72 valence electrons. The van der Waals surface area contributed by atoms with E-state index in [4.69, 9.17) is 0 Å². The third-order valence-electron chi connectivity index (χ3n) is 2.14. The fourth-order valence-electron chi connectivity index (χ4n) is 1.42. The van der Waals surface area contributed by atoms with Crippen LogP contribution in [0, 0.1) is 5.82 Å². The Bertz CT molecular complexity index is 383. The van der Waals surface area contributed by atoms with E-state index in [2.05, 4.69) is 4.74 Å². The highest BCUT2D eigenvalue weighted by atomic mass is 19.1. The van der Waals surface area contributed by atoms with Crippen molar-refractivity contribution in [2.75, 3.05) is 0 Å². The van der Waals surface area contributed by atoms with Crippen molar-refractivity contribution in [2.45, 2.75) is 12.3 Å². The second kappa shape index (κ2) is 3.21. The van der Waals surface area contributed by atoms with Gasteiger partial charge in [0.15, 0.2) is 0 Å². The first-order chi connectivity index (χ1) is 6.66. The van der Waals surface area contributed by atoms with Crippen LogP contribution >= 0.6 is 0 Å². The Morgan fingerprint density at radius 3 is 2.36 bits per heavy atom. The van der Waals surface area contributed by atoms with Gasteiger partial charge in [-0.25, -0.2) is 4.39 Å². The molecule has 0 amide bonds. The predicted molar refractivity (Wildman–Crippen MR) is 44.9 cm³/mol. The van der Waals surface area contributed by atoms with E-state index >= 15 is 0 Å². The number of ether oxygens (including phenoxy) is 1. The Hall–Kier alpha value is -1.71. The summed E-state index contributed by atoms with van der Waals surface area (Å²) in [6, 6.07) is 5.48. The number of carbonyl (C=O) groups excluding carboxylic acids is 2. The molecule has 0 bridgehead atoms. The molecule has 0 aromatic heterocycles. The summed E-state index contributed by atoms with van der Waals surface area (Å²) in [7, 11) is 0. The molecule has 1 saturated heterocycles. The second-order valence-electron chi connectivity index (χ2n) is 3.10. The summed E-state index contributed by atoms with van der Waals surface area (Å²) in [5.74, 6) is -2.01. The van der Waals surface area contributed by atoms with Crippen molar-refractivity contribution in [3.8, 4) is 0 Å². The van der Waals surface area contributed by atoms with Crippen LogP contribution in [0.4, 0.5) is 4.39 Å². The van der Waals surface area contributed by atoms with Crippen molar-refractivity contribution >= 4 is 11.9 Å². The first kappa shape index (κ1) is 8.87. The lowest BCUT2D eigenvalue weighted by atomic mass is 9.98. The molecular weight excluding hydrogens is 187 g/mol. The number of halogens is 1. The Morgan fingerprint density at radius 2 is 1.86 bits per heavy atom. The monoisotopic (exact) mass is 194 g/mol. The van der Waals surface area contributed by atoms with Crippen LogP contribution in [-0.4, -0.2) is 11.9 Å². The first-order valence-electron chi connectivity index (χ1n) is 4.17. The molecule has 1 aromatic carbocycles. The molecule has 1 unspecified atom stereocenters. The zero-order valence-electron chi connectivity index (χ0n) is 7.20. The van der Waals surface area contributed by atoms with E-state index in [1.807, 2.05) is 0 Å². The molecule has 0 radical (unpaired) electrons. The van der Waals surface area contributed by atoms with Crippen LogP contribution in [-0.2, 0) is 14.3 Å². The summed E-state index contributed by atoms with van der Waals surface area (Å²) < 4.78 is 17.0. The summed E-state index contributed by atoms with van der Waals surface area (Å²) in [6.07, 6.45) is 0.0461. The van der Waals surface area contributed by atoms with Gasteiger partial charge in [-0.05, 0) is 17.7 Å². The minimum absolute atomic E-state index is 0.0461. The molecule has 2 rings (SSSR count). The lowest BCUT2D eigenvalue weighted by molar-refractivity contribution is -0.152. The molecule has 0 spiro atoms. The minimum atomic E-state index is -0.567. The van der Waals surface area contributed by atoms with E-state index in [-0.39, 0.29) is 12.2 Å². The van der Waals surface area contributed by atoms with Crippen molar-refractivity contribution in [3.05, 3.63) is 35.6 Å². The normalized spacial score (nSPS) is 21.1. The molecule has 1 heterocycles. The molecule has 4 heteroatoms. The second-order valence-corrected chi connectivity index (χ2v) is 3.10. The fourth-order valence-corrected chi connectivity index (χ4v) is 1.42. The number of benzene rings is 1. The molecule has 0 N–H and O–H groups in total. The van der Waals surface area contributed by atoms with E-state index in [1.54, 1.807) is 0 Å². The van der Waals surface area contributed by atoms with Gasteiger partial charge < -0.3 is 4.74 Å². The Balaban J connectivity index is 2.27. The lowest BCUT2D eigenvalue weighted by Gasteiger charge is -2.03. The van der Waals surface area contributed by atoms with Crippen LogP contribution in [0.2, 0.25) is 0 Å². The molecule has 1 aromatic rings. The number of carbonyl (C=O) groups is 2. The summed E-state index contributed by atoms with van der Waals surface area (Å²) in [4.78, 5) is 21.9. The molecule has 3 nitrogen and oxygen atoms in total. The van der Waals surface area contributed by atoms with Gasteiger partial charge in [-0.3, -0.25) is 9.59 Å². The summed E-state index contributed by atoms with van der Waals surface area (Å²) in [5, 5.41) is 0. The maximum Gasteiger partial charge on any atom is 0.321 e. The average Bonchev–Trinajstić information content (AvgIpc) is 2.47. The zero-order chi connectivity index (χ0) is 10.1. The van der Waals surface area contributed by atoms with Crippen LogP contribution in [0.15, 0.2) is 24.3 Å². The SMILES string of the molecule is O=C1CC(c2ccc(F)cc2)C(=O)O1. The van der Waals surface area contributed by atoms with Crippen molar-refractivity contribution < 1.29 is 18.7 Å². The maximum atomic E-state index is 12.6. The molecule has 1 fully saturated rings. The topological polar surface area (TPSA) is 43.4 Å². The number of hydrogen-bond acceptors (Lipinski definition) is 3. The van der Waals surface area contributed by atoms with Crippen molar-refractivity contribution in [3.63, 3.8) is 0 Å². The van der Waals surface area contributed by atoms with Gasteiger partial charge in [0.25, 0.3) is 0 Å². The third-order valence-corrected chi connectivity index (χ3v) is 2.14. The van der Waals surface area contributed by atoms with Crippen molar-refractivity contribution in [1.82, 2.24) is 0 Å². The van der Waals surface area contributed by atoms with Crippen LogP contribution in [0.1, 0.15) is 17.9 Å². The van der Waals surface area contributed by atoms with E-state index in [1.165, 1.54) is 24.3 Å². The third kappa shape index (κ3) is 1.51. The average molecular weight is 194 g/mol. The van der Waals surface area contributed by atoms with Crippen LogP contribution in [0.5, 0.6) is 0 Å². The van der Waals surface area contributed by atoms with Gasteiger partial charge in [0, 0.05) is 0 Å². The fraction of sp³-hybridized carbons (Fsp3) is 0.200. The number of hydrogen-bond donors (Lipinski definition) is 0. The minimum Gasteiger partial charge on any atom is -0.393 e. The summed E-state index contributed by atoms with van der Waals surface area (Å²) >= 11 is 0. The van der Waals surface area contributed by atoms with Gasteiger partial charge in [0.1, 0.15) is 5.82 Å². The van der Waals surface area contributed by atoms with Gasteiger partial charge >= 0.3 is 11.9 Å². The van der Waals surface area contributed by atoms with Crippen molar-refractivity contribution in [2.24, 2.45) is 0 Å². The zero-order valence-corrected chi connectivity index (χ0v) is 7.20. The lowest BCUT2D eigenvalue weighted by Crippen LogP contribution is -2.05. The standard InChI is InChI=1S/C10H7FO3/c11-7-3-1-6(2-4-7)8-5-9(12)14-10(8)13/h1-4,8H,5H2. The molecule has 0 saturated carbocycles. The van der Waals surface area contributed by atoms with Gasteiger partial charge in [-0.15, -0.1) is 0 Å². The van der Waals surface area contributed by atoms with Gasteiger partial charge in [0.05, 0.1) is 12.3 Å². The van der Waals surface area contributed by atoms with E-state index in [0.29, 0.717) is 5.56 Å². The quantitative estimate of drug-likeness (QED) is 0.501. The Labute approximate surface area is 79.5 Å². The molecule has 1 aliphatic rings. The Morgan fingerprint density at radius 1 is 1.21 bits per heavy atom. The Kier molecular flexibility index (Phi) is 2.04. The maximum absolute atomic E-state index is 12.6. The van der Waals surface area contributed by atoms with Crippen LogP contribution in [0.25, 0.3) is 0 Å². The molecular formula is C10H7FO3. The van der Waals surface area contributed by atoms with Gasteiger partial charge in [-0.2, -0.15) is 0 Å². The van der Waals surface area contributed by atoms with Gasteiger partial charge in [0.2, 0.25) is 0 Å². The number of rotatable bonds is 1. The highest BCUT2D eigenvalue weighted by Gasteiger charge is 2.34. The van der Waals surface area contributed by atoms with Crippen LogP contribution < -0.4 is 0 Å². The molecule has 14 heavy (non-hydrogen) atoms. The largest absolute Gasteiger partial charge is 0.393 e.